The van der Waals surface area contributed by atoms with Crippen LogP contribution in [-0.2, 0) is 0 Å². The van der Waals surface area contributed by atoms with Gasteiger partial charge in [-0.2, -0.15) is 0 Å². The van der Waals surface area contributed by atoms with Crippen LogP contribution in [0.25, 0.3) is 0 Å². The van der Waals surface area contributed by atoms with Crippen molar-refractivity contribution in [1.29, 1.82) is 0 Å². The quantitative estimate of drug-likeness (QED) is 0.594. The van der Waals surface area contributed by atoms with Crippen LogP contribution in [0.1, 0.15) is 23.7 Å². The zero-order valence-electron chi connectivity index (χ0n) is 10.6. The molecule has 7 nitrogen and oxygen atoms in total. The SMILES string of the molecule is CCN(CCCO)C(=O)c1ccc([N+](=O)[O-])c(O)c1. The molecule has 1 aromatic rings. The molecular formula is C12H16N2O5. The normalized spacial score (nSPS) is 10.2. The highest BCUT2D eigenvalue weighted by atomic mass is 16.6. The van der Waals surface area contributed by atoms with E-state index >= 15 is 0 Å². The predicted molar refractivity (Wildman–Crippen MR) is 68.0 cm³/mol. The average Bonchev–Trinajstić information content (AvgIpc) is 2.38. The van der Waals surface area contributed by atoms with Crippen LogP contribution < -0.4 is 0 Å². The van der Waals surface area contributed by atoms with Gasteiger partial charge in [-0.25, -0.2) is 0 Å². The second kappa shape index (κ2) is 6.69. The largest absolute Gasteiger partial charge is 0.502 e. The summed E-state index contributed by atoms with van der Waals surface area (Å²) in [6.45, 7) is 2.62. The minimum atomic E-state index is -0.715. The number of rotatable bonds is 6. The molecule has 0 saturated carbocycles. The van der Waals surface area contributed by atoms with Gasteiger partial charge in [0.05, 0.1) is 4.92 Å². The van der Waals surface area contributed by atoms with Crippen LogP contribution in [0.2, 0.25) is 0 Å². The van der Waals surface area contributed by atoms with Crippen molar-refractivity contribution in [3.8, 4) is 5.75 Å². The predicted octanol–water partition coefficient (Wildman–Crippen LogP) is 1.14. The summed E-state index contributed by atoms with van der Waals surface area (Å²) in [5.41, 5.74) is -0.252. The second-order valence-electron chi connectivity index (χ2n) is 3.92. The molecule has 1 rings (SSSR count). The van der Waals surface area contributed by atoms with Crippen LogP contribution in [-0.4, -0.2) is 45.6 Å². The number of hydrogen-bond acceptors (Lipinski definition) is 5. The number of amides is 1. The molecule has 0 fully saturated rings. The van der Waals surface area contributed by atoms with E-state index in [1.54, 1.807) is 6.92 Å². The first-order chi connectivity index (χ1) is 9.01. The molecule has 0 aliphatic carbocycles. The molecule has 19 heavy (non-hydrogen) atoms. The lowest BCUT2D eigenvalue weighted by Crippen LogP contribution is -2.32. The fourth-order valence-electron chi connectivity index (χ4n) is 1.66. The molecule has 0 heterocycles. The van der Waals surface area contributed by atoms with E-state index in [4.69, 9.17) is 5.11 Å². The fraction of sp³-hybridized carbons (Fsp3) is 0.417. The molecule has 0 aliphatic rings. The minimum absolute atomic E-state index is 0.0186. The first kappa shape index (κ1) is 14.9. The van der Waals surface area contributed by atoms with Gasteiger partial charge in [-0.1, -0.05) is 0 Å². The molecule has 0 aliphatic heterocycles. The van der Waals surface area contributed by atoms with Crippen molar-refractivity contribution < 1.29 is 19.9 Å². The highest BCUT2D eigenvalue weighted by Crippen LogP contribution is 2.26. The number of phenolic OH excluding ortho intramolecular Hbond substituents is 1. The van der Waals surface area contributed by atoms with Crippen molar-refractivity contribution >= 4 is 11.6 Å². The number of phenols is 1. The Balaban J connectivity index is 2.93. The Hall–Kier alpha value is -2.15. The molecule has 1 amide bonds. The van der Waals surface area contributed by atoms with Crippen LogP contribution in [0.4, 0.5) is 5.69 Å². The number of nitro groups is 1. The van der Waals surface area contributed by atoms with E-state index in [1.165, 1.54) is 11.0 Å². The zero-order chi connectivity index (χ0) is 14.4. The molecule has 0 saturated heterocycles. The van der Waals surface area contributed by atoms with Crippen LogP contribution in [0.3, 0.4) is 0 Å². The lowest BCUT2D eigenvalue weighted by atomic mass is 10.1. The number of benzene rings is 1. The number of aliphatic hydroxyl groups excluding tert-OH is 1. The molecule has 7 heteroatoms. The van der Waals surface area contributed by atoms with Crippen LogP contribution in [0, 0.1) is 10.1 Å². The van der Waals surface area contributed by atoms with Crippen molar-refractivity contribution in [2.75, 3.05) is 19.7 Å². The van der Waals surface area contributed by atoms with E-state index in [-0.39, 0.29) is 18.1 Å². The first-order valence-corrected chi connectivity index (χ1v) is 5.88. The summed E-state index contributed by atoms with van der Waals surface area (Å²) in [6, 6.07) is 3.49. The van der Waals surface area contributed by atoms with Gasteiger partial charge in [0, 0.05) is 31.3 Å². The highest BCUT2D eigenvalue weighted by Gasteiger charge is 2.19. The zero-order valence-corrected chi connectivity index (χ0v) is 10.6. The van der Waals surface area contributed by atoms with Gasteiger partial charge in [0.1, 0.15) is 0 Å². The maximum atomic E-state index is 12.1. The van der Waals surface area contributed by atoms with E-state index in [0.717, 1.165) is 12.1 Å². The van der Waals surface area contributed by atoms with Crippen molar-refractivity contribution in [3.63, 3.8) is 0 Å². The number of nitro benzene ring substituents is 1. The van der Waals surface area contributed by atoms with E-state index in [2.05, 4.69) is 0 Å². The van der Waals surface area contributed by atoms with Crippen LogP contribution >= 0.6 is 0 Å². The van der Waals surface area contributed by atoms with Crippen molar-refractivity contribution in [1.82, 2.24) is 4.90 Å². The van der Waals surface area contributed by atoms with Gasteiger partial charge in [-0.15, -0.1) is 0 Å². The molecule has 2 N–H and O–H groups in total. The van der Waals surface area contributed by atoms with Gasteiger partial charge in [0.25, 0.3) is 5.91 Å². The van der Waals surface area contributed by atoms with Crippen molar-refractivity contribution in [3.05, 3.63) is 33.9 Å². The van der Waals surface area contributed by atoms with E-state index in [0.29, 0.717) is 19.5 Å². The van der Waals surface area contributed by atoms with Gasteiger partial charge in [-0.3, -0.25) is 14.9 Å². The lowest BCUT2D eigenvalue weighted by Gasteiger charge is -2.20. The summed E-state index contributed by atoms with van der Waals surface area (Å²) < 4.78 is 0. The molecule has 1 aromatic carbocycles. The smallest absolute Gasteiger partial charge is 0.310 e. The number of aromatic hydroxyl groups is 1. The standard InChI is InChI=1S/C12H16N2O5/c1-2-13(6-3-7-15)12(17)9-4-5-10(14(18)19)11(16)8-9/h4-5,8,15-16H,2-3,6-7H2,1H3. The Morgan fingerprint density at radius 2 is 2.16 bits per heavy atom. The fourth-order valence-corrected chi connectivity index (χ4v) is 1.66. The number of aliphatic hydroxyl groups is 1. The van der Waals surface area contributed by atoms with Crippen molar-refractivity contribution in [2.45, 2.75) is 13.3 Å². The number of carbonyl (C=O) groups is 1. The Morgan fingerprint density at radius 1 is 1.47 bits per heavy atom. The Labute approximate surface area is 110 Å². The van der Waals surface area contributed by atoms with E-state index in [1.807, 2.05) is 0 Å². The molecule has 0 spiro atoms. The second-order valence-corrected chi connectivity index (χ2v) is 3.92. The van der Waals surface area contributed by atoms with Crippen LogP contribution in [0.15, 0.2) is 18.2 Å². The van der Waals surface area contributed by atoms with Crippen LogP contribution in [0.5, 0.6) is 5.75 Å². The van der Waals surface area contributed by atoms with Gasteiger partial charge in [0.15, 0.2) is 5.75 Å². The third-order valence-corrected chi connectivity index (χ3v) is 2.67. The molecule has 104 valence electrons. The molecular weight excluding hydrogens is 252 g/mol. The van der Waals surface area contributed by atoms with E-state index in [9.17, 15) is 20.0 Å². The summed E-state index contributed by atoms with van der Waals surface area (Å²) in [7, 11) is 0. The third-order valence-electron chi connectivity index (χ3n) is 2.67. The molecule has 0 atom stereocenters. The molecule has 0 radical (unpaired) electrons. The van der Waals surface area contributed by atoms with Gasteiger partial charge in [0.2, 0.25) is 0 Å². The molecule has 0 bridgehead atoms. The summed E-state index contributed by atoms with van der Waals surface area (Å²) >= 11 is 0. The summed E-state index contributed by atoms with van der Waals surface area (Å²) in [5.74, 6) is -0.866. The van der Waals surface area contributed by atoms with Gasteiger partial charge >= 0.3 is 5.69 Å². The highest BCUT2D eigenvalue weighted by molar-refractivity contribution is 5.95. The molecule has 0 aromatic heterocycles. The average molecular weight is 268 g/mol. The minimum Gasteiger partial charge on any atom is -0.502 e. The molecule has 0 unspecified atom stereocenters. The first-order valence-electron chi connectivity index (χ1n) is 5.88. The summed E-state index contributed by atoms with van der Waals surface area (Å²) in [4.78, 5) is 23.4. The Kier molecular flexibility index (Phi) is 5.25. The third kappa shape index (κ3) is 3.65. The summed E-state index contributed by atoms with van der Waals surface area (Å²) in [5, 5.41) is 28.8. The Bertz CT molecular complexity index is 475. The van der Waals surface area contributed by atoms with Gasteiger partial charge in [-0.05, 0) is 25.5 Å². The summed E-state index contributed by atoms with van der Waals surface area (Å²) in [6.07, 6.45) is 0.457. The number of carbonyl (C=O) groups excluding carboxylic acids is 1. The maximum absolute atomic E-state index is 12.1. The monoisotopic (exact) mass is 268 g/mol. The Morgan fingerprint density at radius 3 is 2.63 bits per heavy atom. The maximum Gasteiger partial charge on any atom is 0.310 e. The van der Waals surface area contributed by atoms with Crippen molar-refractivity contribution in [2.24, 2.45) is 0 Å². The van der Waals surface area contributed by atoms with Gasteiger partial charge < -0.3 is 15.1 Å². The number of hydrogen-bond donors (Lipinski definition) is 2. The topological polar surface area (TPSA) is 104 Å². The van der Waals surface area contributed by atoms with E-state index < -0.39 is 16.4 Å². The lowest BCUT2D eigenvalue weighted by molar-refractivity contribution is -0.385. The number of nitrogens with zero attached hydrogens (tertiary/aromatic N) is 2.